The second kappa shape index (κ2) is 11.1. The largest absolute Gasteiger partial charge is 0.469 e. The van der Waals surface area contributed by atoms with E-state index in [-0.39, 0.29) is 5.97 Å². The minimum absolute atomic E-state index is 0.204. The zero-order valence-electron chi connectivity index (χ0n) is 20.4. The highest BCUT2D eigenvalue weighted by atomic mass is 16.5. The number of ether oxygens (including phenoxy) is 1. The maximum atomic E-state index is 11.2. The van der Waals surface area contributed by atoms with Crippen molar-refractivity contribution in [2.24, 2.45) is 0 Å². The monoisotopic (exact) mass is 455 g/mol. The summed E-state index contributed by atoms with van der Waals surface area (Å²) in [5, 5.41) is 0. The first kappa shape index (κ1) is 23.7. The molecule has 1 aliphatic heterocycles. The summed E-state index contributed by atoms with van der Waals surface area (Å²) in [6.45, 7) is 6.11. The second-order valence-electron chi connectivity index (χ2n) is 8.91. The first-order chi connectivity index (χ1) is 16.5. The van der Waals surface area contributed by atoms with Crippen LogP contribution in [0.3, 0.4) is 0 Å². The molecule has 0 saturated carbocycles. The quantitative estimate of drug-likeness (QED) is 0.234. The van der Waals surface area contributed by atoms with E-state index in [1.807, 2.05) is 6.08 Å². The molecular weight excluding hydrogens is 422 g/mol. The highest BCUT2D eigenvalue weighted by Gasteiger charge is 2.23. The molecule has 1 aliphatic rings. The van der Waals surface area contributed by atoms with Gasteiger partial charge in [0, 0.05) is 24.2 Å². The molecule has 0 bridgehead atoms. The standard InChI is InChI=1S/C29H33N3O2/c1-21-11-15-23(16-12-21)27-28(24-17-13-22(2)14-18-24)31-29-25(30-27)9-8-20-32(29)19-7-5-4-6-10-26(33)34-3/h4,6,11-18H,5,7-10,19-20H2,1-3H3. The molecule has 176 valence electrons. The van der Waals surface area contributed by atoms with Crippen molar-refractivity contribution < 1.29 is 9.53 Å². The van der Waals surface area contributed by atoms with Crippen LogP contribution in [0.15, 0.2) is 60.7 Å². The number of fused-ring (bicyclic) bond motifs is 1. The van der Waals surface area contributed by atoms with Crippen LogP contribution in [0.2, 0.25) is 0 Å². The molecular formula is C29H33N3O2. The molecule has 0 aliphatic carbocycles. The van der Waals surface area contributed by atoms with Crippen LogP contribution in [-0.2, 0) is 16.0 Å². The van der Waals surface area contributed by atoms with E-state index >= 15 is 0 Å². The second-order valence-corrected chi connectivity index (χ2v) is 8.91. The summed E-state index contributed by atoms with van der Waals surface area (Å²) >= 11 is 0. The van der Waals surface area contributed by atoms with Gasteiger partial charge in [-0.2, -0.15) is 0 Å². The molecule has 1 aromatic heterocycles. The van der Waals surface area contributed by atoms with Crippen molar-refractivity contribution in [1.29, 1.82) is 0 Å². The minimum atomic E-state index is -0.204. The number of allylic oxidation sites excluding steroid dienone is 1. The molecule has 0 saturated heterocycles. The van der Waals surface area contributed by atoms with Crippen LogP contribution in [0.5, 0.6) is 0 Å². The van der Waals surface area contributed by atoms with E-state index in [2.05, 4.69) is 78.1 Å². The lowest BCUT2D eigenvalue weighted by Crippen LogP contribution is -2.32. The number of methoxy groups -OCH3 is 1. The fourth-order valence-electron chi connectivity index (χ4n) is 4.25. The van der Waals surface area contributed by atoms with Gasteiger partial charge < -0.3 is 9.64 Å². The van der Waals surface area contributed by atoms with Gasteiger partial charge in [0.05, 0.1) is 30.6 Å². The van der Waals surface area contributed by atoms with E-state index in [0.717, 1.165) is 72.8 Å². The summed E-state index contributed by atoms with van der Waals surface area (Å²) in [5.74, 6) is 0.806. The molecule has 0 fully saturated rings. The maximum absolute atomic E-state index is 11.2. The number of carbonyl (C=O) groups is 1. The number of anilines is 1. The molecule has 2 aromatic carbocycles. The Bertz CT molecular complexity index is 1150. The molecule has 0 N–H and O–H groups in total. The normalized spacial score (nSPS) is 13.2. The number of aryl methyl sites for hydroxylation is 3. The topological polar surface area (TPSA) is 55.3 Å². The summed E-state index contributed by atoms with van der Waals surface area (Å²) in [4.78, 5) is 24.0. The van der Waals surface area contributed by atoms with Crippen LogP contribution in [0, 0.1) is 13.8 Å². The van der Waals surface area contributed by atoms with Gasteiger partial charge in [-0.3, -0.25) is 4.79 Å². The molecule has 0 spiro atoms. The van der Waals surface area contributed by atoms with E-state index in [4.69, 9.17) is 9.97 Å². The fourth-order valence-corrected chi connectivity index (χ4v) is 4.25. The Kier molecular flexibility index (Phi) is 7.73. The van der Waals surface area contributed by atoms with Gasteiger partial charge >= 0.3 is 5.97 Å². The molecule has 3 aromatic rings. The van der Waals surface area contributed by atoms with Crippen molar-refractivity contribution in [3.8, 4) is 22.5 Å². The first-order valence-corrected chi connectivity index (χ1v) is 12.1. The third kappa shape index (κ3) is 5.71. The van der Waals surface area contributed by atoms with E-state index in [1.54, 1.807) is 0 Å². The molecule has 0 unspecified atom stereocenters. The summed E-state index contributed by atoms with van der Waals surface area (Å²) in [5.41, 5.74) is 7.63. The van der Waals surface area contributed by atoms with E-state index in [1.165, 1.54) is 18.2 Å². The van der Waals surface area contributed by atoms with Crippen LogP contribution in [0.1, 0.15) is 42.5 Å². The summed E-state index contributed by atoms with van der Waals surface area (Å²) in [6.07, 6.45) is 8.23. The average Bonchev–Trinajstić information content (AvgIpc) is 2.86. The minimum Gasteiger partial charge on any atom is -0.469 e. The number of rotatable bonds is 8. The van der Waals surface area contributed by atoms with Gasteiger partial charge in [-0.05, 0) is 39.5 Å². The number of hydrogen-bond donors (Lipinski definition) is 0. The number of hydrogen-bond acceptors (Lipinski definition) is 5. The van der Waals surface area contributed by atoms with Gasteiger partial charge in [0.2, 0.25) is 0 Å². The van der Waals surface area contributed by atoms with Crippen molar-refractivity contribution >= 4 is 11.8 Å². The first-order valence-electron chi connectivity index (χ1n) is 12.1. The van der Waals surface area contributed by atoms with Crippen LogP contribution in [0.4, 0.5) is 5.82 Å². The lowest BCUT2D eigenvalue weighted by molar-refractivity contribution is -0.139. The SMILES string of the molecule is COC(=O)CC=CCCCN1CCCc2nc(-c3ccc(C)cc3)c(-c3ccc(C)cc3)nc21. The number of nitrogens with zero attached hydrogens (tertiary/aromatic N) is 3. The Morgan fingerprint density at radius 3 is 2.18 bits per heavy atom. The number of unbranched alkanes of at least 4 members (excludes halogenated alkanes) is 1. The lowest BCUT2D eigenvalue weighted by atomic mass is 10.0. The highest BCUT2D eigenvalue weighted by molar-refractivity contribution is 5.80. The number of benzene rings is 2. The Morgan fingerprint density at radius 2 is 1.56 bits per heavy atom. The Morgan fingerprint density at radius 1 is 0.941 bits per heavy atom. The molecule has 0 radical (unpaired) electrons. The van der Waals surface area contributed by atoms with Crippen LogP contribution < -0.4 is 4.90 Å². The molecule has 0 atom stereocenters. The predicted molar refractivity (Wildman–Crippen MR) is 138 cm³/mol. The van der Waals surface area contributed by atoms with Crippen molar-refractivity contribution in [2.45, 2.75) is 46.0 Å². The van der Waals surface area contributed by atoms with Crippen molar-refractivity contribution in [1.82, 2.24) is 9.97 Å². The van der Waals surface area contributed by atoms with Crippen molar-refractivity contribution in [2.75, 3.05) is 25.1 Å². The molecule has 34 heavy (non-hydrogen) atoms. The summed E-state index contributed by atoms with van der Waals surface area (Å²) < 4.78 is 4.68. The van der Waals surface area contributed by atoms with E-state index in [9.17, 15) is 4.79 Å². The van der Waals surface area contributed by atoms with E-state index in [0.29, 0.717) is 6.42 Å². The fraction of sp³-hybridized carbons (Fsp3) is 0.345. The molecule has 2 heterocycles. The number of carbonyl (C=O) groups excluding carboxylic acids is 1. The van der Waals surface area contributed by atoms with Gasteiger partial charge in [0.1, 0.15) is 0 Å². The number of aromatic nitrogens is 2. The summed E-state index contributed by atoms with van der Waals surface area (Å²) in [7, 11) is 1.42. The Labute approximate surface area is 202 Å². The predicted octanol–water partition coefficient (Wildman–Crippen LogP) is 6.08. The van der Waals surface area contributed by atoms with Gasteiger partial charge in [-0.25, -0.2) is 9.97 Å². The van der Waals surface area contributed by atoms with Gasteiger partial charge in [-0.1, -0.05) is 71.8 Å². The molecule has 4 rings (SSSR count). The van der Waals surface area contributed by atoms with Gasteiger partial charge in [0.25, 0.3) is 0 Å². The highest BCUT2D eigenvalue weighted by Crippen LogP contribution is 2.35. The smallest absolute Gasteiger partial charge is 0.309 e. The third-order valence-corrected chi connectivity index (χ3v) is 6.22. The molecule has 0 amide bonds. The van der Waals surface area contributed by atoms with Crippen molar-refractivity contribution in [3.63, 3.8) is 0 Å². The van der Waals surface area contributed by atoms with Crippen LogP contribution in [-0.4, -0.2) is 36.1 Å². The Hall–Kier alpha value is -3.47. The zero-order chi connectivity index (χ0) is 23.9. The molecule has 5 heteroatoms. The number of esters is 1. The lowest BCUT2D eigenvalue weighted by Gasteiger charge is -2.30. The zero-order valence-corrected chi connectivity index (χ0v) is 20.4. The Balaban J connectivity index is 1.61. The summed E-state index contributed by atoms with van der Waals surface area (Å²) in [6, 6.07) is 17.1. The van der Waals surface area contributed by atoms with E-state index < -0.39 is 0 Å². The van der Waals surface area contributed by atoms with Gasteiger partial charge in [-0.15, -0.1) is 0 Å². The van der Waals surface area contributed by atoms with Gasteiger partial charge in [0.15, 0.2) is 5.82 Å². The third-order valence-electron chi connectivity index (χ3n) is 6.22. The van der Waals surface area contributed by atoms with Crippen LogP contribution >= 0.6 is 0 Å². The molecule has 5 nitrogen and oxygen atoms in total. The van der Waals surface area contributed by atoms with Crippen LogP contribution in [0.25, 0.3) is 22.5 Å². The maximum Gasteiger partial charge on any atom is 0.309 e. The average molecular weight is 456 g/mol. The van der Waals surface area contributed by atoms with Crippen molar-refractivity contribution in [3.05, 3.63) is 77.5 Å².